The van der Waals surface area contributed by atoms with Gasteiger partial charge < -0.3 is 10.2 Å². The maximum Gasteiger partial charge on any atom is 0.134 e. The topological polar surface area (TPSA) is 42.4 Å². The number of rotatable bonds is 8. The van der Waals surface area contributed by atoms with Gasteiger partial charge in [-0.05, 0) is 38.9 Å². The van der Waals surface area contributed by atoms with Gasteiger partial charge in [0, 0.05) is 18.0 Å². The third-order valence-electron chi connectivity index (χ3n) is 4.08. The van der Waals surface area contributed by atoms with E-state index >= 15 is 0 Å². The van der Waals surface area contributed by atoms with Crippen LogP contribution in [0.2, 0.25) is 0 Å². The van der Waals surface area contributed by atoms with E-state index < -0.39 is 0 Å². The molecule has 21 heavy (non-hydrogen) atoms. The molecule has 0 bridgehead atoms. The Morgan fingerprint density at radius 1 is 1.19 bits per heavy atom. The second-order valence-electron chi connectivity index (χ2n) is 5.98. The lowest BCUT2D eigenvalue weighted by Crippen LogP contribution is -2.39. The van der Waals surface area contributed by atoms with Crippen LogP contribution in [0.15, 0.2) is 34.7 Å². The zero-order valence-corrected chi connectivity index (χ0v) is 13.5. The van der Waals surface area contributed by atoms with E-state index in [1.165, 1.54) is 19.3 Å². The quantitative estimate of drug-likeness (QED) is 0.735. The first-order valence-corrected chi connectivity index (χ1v) is 8.11. The van der Waals surface area contributed by atoms with Gasteiger partial charge in [0.1, 0.15) is 11.3 Å². The largest absolute Gasteiger partial charge is 0.459 e. The molecular weight excluding hydrogens is 260 g/mol. The van der Waals surface area contributed by atoms with Crippen LogP contribution in [0, 0.1) is 0 Å². The van der Waals surface area contributed by atoms with Crippen LogP contribution in [-0.4, -0.2) is 24.0 Å². The van der Waals surface area contributed by atoms with Crippen molar-refractivity contribution >= 4 is 11.0 Å². The highest BCUT2D eigenvalue weighted by molar-refractivity contribution is 5.77. The number of hydrogen-bond donors (Lipinski definition) is 1. The summed E-state index contributed by atoms with van der Waals surface area (Å²) in [5.74, 6) is 0.990. The molecule has 0 aliphatic carbocycles. The van der Waals surface area contributed by atoms with E-state index in [-0.39, 0.29) is 6.04 Å². The van der Waals surface area contributed by atoms with Crippen LogP contribution in [0.5, 0.6) is 0 Å². The van der Waals surface area contributed by atoms with Crippen molar-refractivity contribution < 1.29 is 4.42 Å². The SMILES string of the molecule is CCCCCN(C(C)C)C(CN)c1cc2ccccc2o1. The molecule has 0 saturated heterocycles. The highest BCUT2D eigenvalue weighted by Gasteiger charge is 2.24. The number of fused-ring (bicyclic) bond motifs is 1. The lowest BCUT2D eigenvalue weighted by molar-refractivity contribution is 0.138. The lowest BCUT2D eigenvalue weighted by atomic mass is 10.1. The molecule has 2 rings (SSSR count). The van der Waals surface area contributed by atoms with Gasteiger partial charge in [-0.3, -0.25) is 4.90 Å². The van der Waals surface area contributed by atoms with Crippen molar-refractivity contribution in [1.82, 2.24) is 4.90 Å². The molecule has 2 N–H and O–H groups in total. The van der Waals surface area contributed by atoms with E-state index in [1.54, 1.807) is 0 Å². The van der Waals surface area contributed by atoms with Gasteiger partial charge in [-0.2, -0.15) is 0 Å². The second kappa shape index (κ2) is 7.62. The summed E-state index contributed by atoms with van der Waals surface area (Å²) < 4.78 is 6.04. The number of furan rings is 1. The molecule has 3 heteroatoms. The Morgan fingerprint density at radius 3 is 2.57 bits per heavy atom. The first-order valence-electron chi connectivity index (χ1n) is 8.11. The molecular formula is C18H28N2O. The number of para-hydroxylation sites is 1. The summed E-state index contributed by atoms with van der Waals surface area (Å²) in [6.45, 7) is 8.36. The minimum atomic E-state index is 0.161. The van der Waals surface area contributed by atoms with E-state index in [4.69, 9.17) is 10.2 Å². The van der Waals surface area contributed by atoms with Crippen molar-refractivity contribution in [2.24, 2.45) is 5.73 Å². The average Bonchev–Trinajstić information content (AvgIpc) is 2.89. The van der Waals surface area contributed by atoms with Crippen molar-refractivity contribution in [2.45, 2.75) is 52.1 Å². The van der Waals surface area contributed by atoms with Gasteiger partial charge >= 0.3 is 0 Å². The average molecular weight is 288 g/mol. The normalized spacial score (nSPS) is 13.4. The molecule has 0 fully saturated rings. The molecule has 1 aromatic heterocycles. The number of nitrogens with zero attached hydrogens (tertiary/aromatic N) is 1. The Bertz CT molecular complexity index is 514. The first-order chi connectivity index (χ1) is 10.2. The van der Waals surface area contributed by atoms with Gasteiger partial charge in [0.2, 0.25) is 0 Å². The van der Waals surface area contributed by atoms with Gasteiger partial charge in [0.05, 0.1) is 6.04 Å². The van der Waals surface area contributed by atoms with Crippen LogP contribution in [0.1, 0.15) is 51.8 Å². The van der Waals surface area contributed by atoms with E-state index in [1.807, 2.05) is 18.2 Å². The summed E-state index contributed by atoms with van der Waals surface area (Å²) >= 11 is 0. The standard InChI is InChI=1S/C18H28N2O/c1-4-5-8-11-20(14(2)3)16(13-19)18-12-15-9-6-7-10-17(15)21-18/h6-7,9-10,12,14,16H,4-5,8,11,13,19H2,1-3H3. The summed E-state index contributed by atoms with van der Waals surface area (Å²) in [7, 11) is 0. The fourth-order valence-electron chi connectivity index (χ4n) is 2.90. The minimum absolute atomic E-state index is 0.161. The summed E-state index contributed by atoms with van der Waals surface area (Å²) in [6.07, 6.45) is 3.72. The maximum atomic E-state index is 6.07. The zero-order valence-electron chi connectivity index (χ0n) is 13.5. The molecule has 1 atom stereocenters. The minimum Gasteiger partial charge on any atom is -0.459 e. The van der Waals surface area contributed by atoms with E-state index in [0.29, 0.717) is 12.6 Å². The molecule has 0 aliphatic rings. The Kier molecular flexibility index (Phi) is 5.83. The molecule has 0 radical (unpaired) electrons. The van der Waals surface area contributed by atoms with E-state index in [9.17, 15) is 0 Å². The molecule has 1 unspecified atom stereocenters. The summed E-state index contributed by atoms with van der Waals surface area (Å²) in [5.41, 5.74) is 7.02. The van der Waals surface area contributed by atoms with Crippen LogP contribution >= 0.6 is 0 Å². The van der Waals surface area contributed by atoms with Gasteiger partial charge in [0.15, 0.2) is 0 Å². The predicted molar refractivity (Wildman–Crippen MR) is 89.4 cm³/mol. The fraction of sp³-hybridized carbons (Fsp3) is 0.556. The van der Waals surface area contributed by atoms with Crippen molar-refractivity contribution in [3.8, 4) is 0 Å². The molecule has 2 aromatic rings. The molecule has 0 amide bonds. The highest BCUT2D eigenvalue weighted by atomic mass is 16.3. The monoisotopic (exact) mass is 288 g/mol. The molecule has 0 spiro atoms. The molecule has 1 heterocycles. The second-order valence-corrected chi connectivity index (χ2v) is 5.98. The Balaban J connectivity index is 2.22. The number of unbranched alkanes of at least 4 members (excludes halogenated alkanes) is 2. The van der Waals surface area contributed by atoms with Crippen LogP contribution in [0.25, 0.3) is 11.0 Å². The van der Waals surface area contributed by atoms with E-state index in [0.717, 1.165) is 23.3 Å². The number of benzene rings is 1. The molecule has 3 nitrogen and oxygen atoms in total. The summed E-state index contributed by atoms with van der Waals surface area (Å²) in [4.78, 5) is 2.47. The molecule has 0 aliphatic heterocycles. The first kappa shape index (κ1) is 16.1. The number of nitrogens with two attached hydrogens (primary N) is 1. The van der Waals surface area contributed by atoms with Gasteiger partial charge in [-0.25, -0.2) is 0 Å². The third-order valence-corrected chi connectivity index (χ3v) is 4.08. The third kappa shape index (κ3) is 3.86. The van der Waals surface area contributed by atoms with Crippen LogP contribution < -0.4 is 5.73 Å². The Hall–Kier alpha value is -1.32. The summed E-state index contributed by atoms with van der Waals surface area (Å²) in [5, 5.41) is 1.16. The molecule has 1 aromatic carbocycles. The number of hydrogen-bond acceptors (Lipinski definition) is 3. The lowest BCUT2D eigenvalue weighted by Gasteiger charge is -2.33. The van der Waals surface area contributed by atoms with Crippen LogP contribution in [-0.2, 0) is 0 Å². The van der Waals surface area contributed by atoms with Gasteiger partial charge in [0.25, 0.3) is 0 Å². The zero-order chi connectivity index (χ0) is 15.2. The molecule has 116 valence electrons. The molecule has 0 saturated carbocycles. The summed E-state index contributed by atoms with van der Waals surface area (Å²) in [6, 6.07) is 10.9. The highest BCUT2D eigenvalue weighted by Crippen LogP contribution is 2.28. The van der Waals surface area contributed by atoms with Gasteiger partial charge in [-0.15, -0.1) is 0 Å². The van der Waals surface area contributed by atoms with Crippen molar-refractivity contribution in [1.29, 1.82) is 0 Å². The van der Waals surface area contributed by atoms with Crippen molar-refractivity contribution in [3.05, 3.63) is 36.1 Å². The van der Waals surface area contributed by atoms with Gasteiger partial charge in [-0.1, -0.05) is 38.0 Å². The fourth-order valence-corrected chi connectivity index (χ4v) is 2.90. The predicted octanol–water partition coefficient (Wildman–Crippen LogP) is 4.33. The van der Waals surface area contributed by atoms with Crippen LogP contribution in [0.3, 0.4) is 0 Å². The Morgan fingerprint density at radius 2 is 1.95 bits per heavy atom. The van der Waals surface area contributed by atoms with Crippen LogP contribution in [0.4, 0.5) is 0 Å². The van der Waals surface area contributed by atoms with E-state index in [2.05, 4.69) is 37.8 Å². The van der Waals surface area contributed by atoms with Crippen molar-refractivity contribution in [3.63, 3.8) is 0 Å². The smallest absolute Gasteiger partial charge is 0.134 e. The maximum absolute atomic E-state index is 6.07. The Labute approximate surface area is 128 Å². The van der Waals surface area contributed by atoms with Crippen molar-refractivity contribution in [2.75, 3.05) is 13.1 Å².